The number of nitriles is 1. The molecule has 1 heterocycles. The first-order chi connectivity index (χ1) is 8.11. The van der Waals surface area contributed by atoms with Gasteiger partial charge in [-0.2, -0.15) is 5.26 Å². The van der Waals surface area contributed by atoms with E-state index in [0.29, 0.717) is 23.0 Å². The highest BCUT2D eigenvalue weighted by molar-refractivity contribution is 5.50. The zero-order valence-electron chi connectivity index (χ0n) is 10.4. The SMILES string of the molecule is Cc1nc(C2CCCC(C)C2)nc(N)c1C#N. The molecule has 0 spiro atoms. The molecule has 2 rings (SSSR count). The molecule has 0 aromatic carbocycles. The average Bonchev–Trinajstić information content (AvgIpc) is 2.28. The maximum atomic E-state index is 8.93. The summed E-state index contributed by atoms with van der Waals surface area (Å²) in [5.41, 5.74) is 6.92. The number of anilines is 1. The summed E-state index contributed by atoms with van der Waals surface area (Å²) in [7, 11) is 0. The Bertz CT molecular complexity index is 438. The maximum Gasteiger partial charge on any atom is 0.145 e. The molecule has 0 aliphatic heterocycles. The Hall–Kier alpha value is -1.63. The van der Waals surface area contributed by atoms with Crippen molar-refractivity contribution in [3.05, 3.63) is 17.1 Å². The predicted octanol–water partition coefficient (Wildman–Crippen LogP) is 2.53. The van der Waals surface area contributed by atoms with Gasteiger partial charge < -0.3 is 5.73 Å². The van der Waals surface area contributed by atoms with Crippen LogP contribution < -0.4 is 5.73 Å². The molecule has 2 N–H and O–H groups in total. The molecule has 1 aliphatic carbocycles. The van der Waals surface area contributed by atoms with Crippen molar-refractivity contribution >= 4 is 5.82 Å². The standard InChI is InChI=1S/C13H18N4/c1-8-4-3-5-10(6-8)13-16-9(2)11(7-14)12(15)17-13/h8,10H,3-6H2,1-2H3,(H2,15,16,17). The third-order valence-electron chi connectivity index (χ3n) is 3.55. The molecule has 1 fully saturated rings. The van der Waals surface area contributed by atoms with Gasteiger partial charge in [0.05, 0.1) is 5.69 Å². The second-order valence-electron chi connectivity index (χ2n) is 5.01. The Morgan fingerprint density at radius 2 is 2.12 bits per heavy atom. The molecular weight excluding hydrogens is 212 g/mol. The highest BCUT2D eigenvalue weighted by Crippen LogP contribution is 2.34. The number of aryl methyl sites for hydroxylation is 1. The van der Waals surface area contributed by atoms with Crippen molar-refractivity contribution in [3.8, 4) is 6.07 Å². The zero-order valence-corrected chi connectivity index (χ0v) is 10.4. The smallest absolute Gasteiger partial charge is 0.145 e. The van der Waals surface area contributed by atoms with Gasteiger partial charge in [-0.25, -0.2) is 9.97 Å². The van der Waals surface area contributed by atoms with E-state index in [9.17, 15) is 0 Å². The highest BCUT2D eigenvalue weighted by atomic mass is 15.0. The second-order valence-corrected chi connectivity index (χ2v) is 5.01. The van der Waals surface area contributed by atoms with E-state index in [1.807, 2.05) is 6.92 Å². The summed E-state index contributed by atoms with van der Waals surface area (Å²) in [6.45, 7) is 4.10. The minimum Gasteiger partial charge on any atom is -0.382 e. The van der Waals surface area contributed by atoms with E-state index >= 15 is 0 Å². The number of rotatable bonds is 1. The number of aromatic nitrogens is 2. The van der Waals surface area contributed by atoms with Crippen LogP contribution >= 0.6 is 0 Å². The Kier molecular flexibility index (Phi) is 3.28. The van der Waals surface area contributed by atoms with Crippen LogP contribution in [0.5, 0.6) is 0 Å². The topological polar surface area (TPSA) is 75.6 Å². The lowest BCUT2D eigenvalue weighted by Crippen LogP contribution is -2.16. The summed E-state index contributed by atoms with van der Waals surface area (Å²) in [5.74, 6) is 2.29. The van der Waals surface area contributed by atoms with E-state index in [0.717, 1.165) is 24.6 Å². The largest absolute Gasteiger partial charge is 0.382 e. The van der Waals surface area contributed by atoms with Gasteiger partial charge in [0.2, 0.25) is 0 Å². The van der Waals surface area contributed by atoms with Gasteiger partial charge in [-0.15, -0.1) is 0 Å². The average molecular weight is 230 g/mol. The maximum absolute atomic E-state index is 8.93. The summed E-state index contributed by atoms with van der Waals surface area (Å²) >= 11 is 0. The van der Waals surface area contributed by atoms with Gasteiger partial charge in [0.25, 0.3) is 0 Å². The van der Waals surface area contributed by atoms with Crippen molar-refractivity contribution in [2.45, 2.75) is 45.4 Å². The first-order valence-electron chi connectivity index (χ1n) is 6.16. The number of nitrogen functional groups attached to an aromatic ring is 1. The monoisotopic (exact) mass is 230 g/mol. The fourth-order valence-electron chi connectivity index (χ4n) is 2.61. The summed E-state index contributed by atoms with van der Waals surface area (Å²) in [6.07, 6.45) is 4.79. The molecule has 0 radical (unpaired) electrons. The van der Waals surface area contributed by atoms with E-state index in [1.165, 1.54) is 12.8 Å². The molecule has 0 amide bonds. The van der Waals surface area contributed by atoms with Crippen LogP contribution in [0.2, 0.25) is 0 Å². The molecule has 1 aliphatic rings. The fraction of sp³-hybridized carbons (Fsp3) is 0.615. The minimum atomic E-state index is 0.327. The quantitative estimate of drug-likeness (QED) is 0.804. The normalized spacial score (nSPS) is 24.3. The van der Waals surface area contributed by atoms with Gasteiger partial charge in [0.15, 0.2) is 0 Å². The number of nitrogens with zero attached hydrogens (tertiary/aromatic N) is 3. The molecule has 0 saturated heterocycles. The summed E-state index contributed by atoms with van der Waals surface area (Å²) < 4.78 is 0. The second kappa shape index (κ2) is 4.70. The Balaban J connectivity index is 2.31. The van der Waals surface area contributed by atoms with Crippen LogP contribution in [0.1, 0.15) is 55.6 Å². The summed E-state index contributed by atoms with van der Waals surface area (Å²) in [5, 5.41) is 8.93. The van der Waals surface area contributed by atoms with Crippen molar-refractivity contribution < 1.29 is 0 Å². The first kappa shape index (κ1) is 11.8. The van der Waals surface area contributed by atoms with Crippen LogP contribution in [0.25, 0.3) is 0 Å². The third-order valence-corrected chi connectivity index (χ3v) is 3.55. The predicted molar refractivity (Wildman–Crippen MR) is 66.3 cm³/mol. The number of hydrogen-bond acceptors (Lipinski definition) is 4. The number of nitrogens with two attached hydrogens (primary N) is 1. The van der Waals surface area contributed by atoms with Crippen molar-refractivity contribution in [3.63, 3.8) is 0 Å². The molecule has 1 aromatic rings. The van der Waals surface area contributed by atoms with E-state index in [1.54, 1.807) is 0 Å². The van der Waals surface area contributed by atoms with Gasteiger partial charge >= 0.3 is 0 Å². The van der Waals surface area contributed by atoms with E-state index in [-0.39, 0.29) is 0 Å². The van der Waals surface area contributed by atoms with Crippen LogP contribution in [0, 0.1) is 24.2 Å². The van der Waals surface area contributed by atoms with Crippen LogP contribution in [0.4, 0.5) is 5.82 Å². The van der Waals surface area contributed by atoms with Crippen molar-refractivity contribution in [1.82, 2.24) is 9.97 Å². The molecule has 4 heteroatoms. The van der Waals surface area contributed by atoms with Crippen molar-refractivity contribution in [2.75, 3.05) is 5.73 Å². The Labute approximate surface area is 102 Å². The lowest BCUT2D eigenvalue weighted by Gasteiger charge is -2.25. The van der Waals surface area contributed by atoms with Crippen molar-refractivity contribution in [2.24, 2.45) is 5.92 Å². The molecule has 2 unspecified atom stereocenters. The molecule has 90 valence electrons. The van der Waals surface area contributed by atoms with Crippen molar-refractivity contribution in [1.29, 1.82) is 5.26 Å². The molecular formula is C13H18N4. The van der Waals surface area contributed by atoms with Gasteiger partial charge in [-0.1, -0.05) is 19.8 Å². The summed E-state index contributed by atoms with van der Waals surface area (Å²) in [6, 6.07) is 2.05. The third kappa shape index (κ3) is 2.38. The molecule has 4 nitrogen and oxygen atoms in total. The molecule has 2 atom stereocenters. The van der Waals surface area contributed by atoms with Crippen LogP contribution in [-0.2, 0) is 0 Å². The van der Waals surface area contributed by atoms with Gasteiger partial charge in [0.1, 0.15) is 23.3 Å². The van der Waals surface area contributed by atoms with Crippen LogP contribution in [0.15, 0.2) is 0 Å². The van der Waals surface area contributed by atoms with Crippen LogP contribution in [-0.4, -0.2) is 9.97 Å². The fourth-order valence-corrected chi connectivity index (χ4v) is 2.61. The molecule has 1 saturated carbocycles. The van der Waals surface area contributed by atoms with E-state index < -0.39 is 0 Å². The molecule has 0 bridgehead atoms. The van der Waals surface area contributed by atoms with E-state index in [4.69, 9.17) is 11.0 Å². The minimum absolute atomic E-state index is 0.327. The number of hydrogen-bond donors (Lipinski definition) is 1. The zero-order chi connectivity index (χ0) is 12.4. The molecule has 1 aromatic heterocycles. The summed E-state index contributed by atoms with van der Waals surface area (Å²) in [4.78, 5) is 8.76. The highest BCUT2D eigenvalue weighted by Gasteiger charge is 2.23. The first-order valence-corrected chi connectivity index (χ1v) is 6.16. The Morgan fingerprint density at radius 3 is 2.71 bits per heavy atom. The lowest BCUT2D eigenvalue weighted by molar-refractivity contribution is 0.335. The van der Waals surface area contributed by atoms with Crippen LogP contribution in [0.3, 0.4) is 0 Å². The Morgan fingerprint density at radius 1 is 1.35 bits per heavy atom. The van der Waals surface area contributed by atoms with Gasteiger partial charge in [-0.3, -0.25) is 0 Å². The van der Waals surface area contributed by atoms with Gasteiger partial charge in [0, 0.05) is 5.92 Å². The lowest BCUT2D eigenvalue weighted by atomic mass is 9.82. The van der Waals surface area contributed by atoms with E-state index in [2.05, 4.69) is 23.0 Å². The molecule has 17 heavy (non-hydrogen) atoms. The van der Waals surface area contributed by atoms with Gasteiger partial charge in [-0.05, 0) is 25.7 Å².